The van der Waals surface area contributed by atoms with Crippen molar-refractivity contribution in [3.63, 3.8) is 0 Å². The highest BCUT2D eigenvalue weighted by Gasteiger charge is 2.32. The summed E-state index contributed by atoms with van der Waals surface area (Å²) in [4.78, 5) is 25.3. The Kier molecular flexibility index (Phi) is 4.97. The molecule has 3 nitrogen and oxygen atoms in total. The number of carbonyl (C=O) groups is 2. The van der Waals surface area contributed by atoms with E-state index in [4.69, 9.17) is 0 Å². The van der Waals surface area contributed by atoms with E-state index in [1.807, 2.05) is 4.90 Å². The van der Waals surface area contributed by atoms with Crippen LogP contribution >= 0.6 is 0 Å². The lowest BCUT2D eigenvalue weighted by Gasteiger charge is -2.27. The van der Waals surface area contributed by atoms with Gasteiger partial charge in [-0.25, -0.2) is 0 Å². The maximum atomic E-state index is 12.2. The van der Waals surface area contributed by atoms with Crippen LogP contribution in [0.3, 0.4) is 0 Å². The number of carbonyl (C=O) groups excluding carboxylic acids is 2. The molecule has 1 heterocycles. The summed E-state index contributed by atoms with van der Waals surface area (Å²) in [5, 5.41) is 0. The maximum absolute atomic E-state index is 12.2. The first-order valence-electron chi connectivity index (χ1n) is 6.40. The van der Waals surface area contributed by atoms with Gasteiger partial charge >= 0.3 is 0 Å². The highest BCUT2D eigenvalue weighted by Crippen LogP contribution is 2.24. The first-order chi connectivity index (χ1) is 7.60. The number of likely N-dealkylation sites (tertiary alicyclic amines) is 1. The first kappa shape index (κ1) is 13.2. The van der Waals surface area contributed by atoms with E-state index in [0.29, 0.717) is 6.42 Å². The lowest BCUT2D eigenvalue weighted by molar-refractivity contribution is -0.137. The zero-order valence-electron chi connectivity index (χ0n) is 10.7. The van der Waals surface area contributed by atoms with Crippen molar-refractivity contribution in [2.75, 3.05) is 6.54 Å². The number of ketones is 1. The van der Waals surface area contributed by atoms with Gasteiger partial charge in [-0.2, -0.15) is 0 Å². The fourth-order valence-corrected chi connectivity index (χ4v) is 2.54. The van der Waals surface area contributed by atoms with Gasteiger partial charge in [0.25, 0.3) is 0 Å². The Morgan fingerprint density at radius 1 is 1.31 bits per heavy atom. The first-order valence-corrected chi connectivity index (χ1v) is 6.40. The van der Waals surface area contributed by atoms with Crippen molar-refractivity contribution in [2.24, 2.45) is 5.92 Å². The number of hydrogen-bond donors (Lipinski definition) is 0. The van der Waals surface area contributed by atoms with Crippen LogP contribution in [0.5, 0.6) is 0 Å². The molecule has 0 bridgehead atoms. The van der Waals surface area contributed by atoms with Gasteiger partial charge in [-0.1, -0.05) is 13.8 Å². The highest BCUT2D eigenvalue weighted by molar-refractivity contribution is 5.81. The second kappa shape index (κ2) is 6.02. The molecular formula is C13H23NO2. The topological polar surface area (TPSA) is 37.4 Å². The van der Waals surface area contributed by atoms with Gasteiger partial charge in [-0.05, 0) is 32.6 Å². The average molecular weight is 225 g/mol. The van der Waals surface area contributed by atoms with Gasteiger partial charge in [-0.3, -0.25) is 9.59 Å². The fourth-order valence-electron chi connectivity index (χ4n) is 2.54. The van der Waals surface area contributed by atoms with Crippen LogP contribution in [0.15, 0.2) is 0 Å². The summed E-state index contributed by atoms with van der Waals surface area (Å²) in [5.41, 5.74) is 0. The van der Waals surface area contributed by atoms with E-state index in [1.165, 1.54) is 0 Å². The van der Waals surface area contributed by atoms with Crippen LogP contribution in [0.1, 0.15) is 52.9 Å². The Morgan fingerprint density at radius 2 is 1.94 bits per heavy atom. The highest BCUT2D eigenvalue weighted by atomic mass is 16.2. The Hall–Kier alpha value is -0.860. The summed E-state index contributed by atoms with van der Waals surface area (Å²) in [6, 6.07) is 0.172. The predicted molar refractivity (Wildman–Crippen MR) is 64.1 cm³/mol. The largest absolute Gasteiger partial charge is 0.339 e. The summed E-state index contributed by atoms with van der Waals surface area (Å²) in [7, 11) is 0. The molecule has 1 amide bonds. The van der Waals surface area contributed by atoms with Crippen LogP contribution < -0.4 is 0 Å². The van der Waals surface area contributed by atoms with E-state index >= 15 is 0 Å². The maximum Gasteiger partial charge on any atom is 0.225 e. The lowest BCUT2D eigenvalue weighted by atomic mass is 10.0. The summed E-state index contributed by atoms with van der Waals surface area (Å²) in [6.07, 6.45) is 4.37. The lowest BCUT2D eigenvalue weighted by Crippen LogP contribution is -2.40. The van der Waals surface area contributed by atoms with E-state index < -0.39 is 0 Å². The number of hydrogen-bond acceptors (Lipinski definition) is 2. The summed E-state index contributed by atoms with van der Waals surface area (Å²) < 4.78 is 0. The Morgan fingerprint density at radius 3 is 2.44 bits per heavy atom. The molecule has 16 heavy (non-hydrogen) atoms. The van der Waals surface area contributed by atoms with Crippen molar-refractivity contribution < 1.29 is 9.59 Å². The second-order valence-electron chi connectivity index (χ2n) is 4.75. The molecule has 0 saturated carbocycles. The quantitative estimate of drug-likeness (QED) is 0.720. The van der Waals surface area contributed by atoms with Gasteiger partial charge in [0.2, 0.25) is 5.91 Å². The van der Waals surface area contributed by atoms with Crippen LogP contribution in [-0.2, 0) is 9.59 Å². The molecule has 92 valence electrons. The molecule has 0 aromatic rings. The van der Waals surface area contributed by atoms with Gasteiger partial charge in [0.1, 0.15) is 5.78 Å². The molecule has 0 aliphatic carbocycles. The molecule has 1 saturated heterocycles. The summed E-state index contributed by atoms with van der Waals surface area (Å²) in [5.74, 6) is 0.593. The van der Waals surface area contributed by atoms with Crippen molar-refractivity contribution in [1.82, 2.24) is 4.90 Å². The summed E-state index contributed by atoms with van der Waals surface area (Å²) in [6.45, 7) is 6.57. The zero-order valence-corrected chi connectivity index (χ0v) is 10.7. The molecule has 0 N–H and O–H groups in total. The molecule has 0 radical (unpaired) electrons. The van der Waals surface area contributed by atoms with E-state index in [2.05, 4.69) is 13.8 Å². The molecule has 0 spiro atoms. The van der Waals surface area contributed by atoms with E-state index in [0.717, 1.165) is 32.2 Å². The number of nitrogens with zero attached hydrogens (tertiary/aromatic N) is 1. The minimum Gasteiger partial charge on any atom is -0.339 e. The Labute approximate surface area is 98.2 Å². The molecular weight excluding hydrogens is 202 g/mol. The van der Waals surface area contributed by atoms with E-state index in [1.54, 1.807) is 6.92 Å². The van der Waals surface area contributed by atoms with Crippen LogP contribution in [0.4, 0.5) is 0 Å². The predicted octanol–water partition coefficient (Wildman–Crippen LogP) is 2.39. The molecule has 0 aromatic carbocycles. The van der Waals surface area contributed by atoms with Gasteiger partial charge < -0.3 is 4.90 Å². The van der Waals surface area contributed by atoms with Gasteiger partial charge in [0.05, 0.1) is 0 Å². The molecule has 1 aliphatic heterocycles. The van der Waals surface area contributed by atoms with Crippen LogP contribution in [-0.4, -0.2) is 29.2 Å². The molecule has 3 heteroatoms. The van der Waals surface area contributed by atoms with Gasteiger partial charge in [0, 0.05) is 24.9 Å². The normalized spacial score (nSPS) is 20.5. The molecule has 1 atom stereocenters. The third-order valence-electron chi connectivity index (χ3n) is 3.52. The van der Waals surface area contributed by atoms with Gasteiger partial charge in [-0.15, -0.1) is 0 Å². The molecule has 0 aromatic heterocycles. The fraction of sp³-hybridized carbons (Fsp3) is 0.846. The van der Waals surface area contributed by atoms with Crippen molar-refractivity contribution in [2.45, 2.75) is 58.9 Å². The Bertz CT molecular complexity index is 259. The number of Topliss-reactive ketones (excluding diaryl/α,β-unsaturated/α-hetero) is 1. The third kappa shape index (κ3) is 3.06. The van der Waals surface area contributed by atoms with Gasteiger partial charge in [0.15, 0.2) is 0 Å². The SMILES string of the molecule is CCC(CC)C(=O)N1CCCC1CC(C)=O. The number of amides is 1. The van der Waals surface area contributed by atoms with E-state index in [9.17, 15) is 9.59 Å². The minimum atomic E-state index is 0.146. The van der Waals surface area contributed by atoms with Crippen LogP contribution in [0.2, 0.25) is 0 Å². The summed E-state index contributed by atoms with van der Waals surface area (Å²) >= 11 is 0. The standard InChI is InChI=1S/C13H23NO2/c1-4-11(5-2)13(16)14-8-6-7-12(14)9-10(3)15/h11-12H,4-9H2,1-3H3. The van der Waals surface area contributed by atoms with Crippen molar-refractivity contribution >= 4 is 11.7 Å². The second-order valence-corrected chi connectivity index (χ2v) is 4.75. The smallest absolute Gasteiger partial charge is 0.225 e. The Balaban J connectivity index is 2.63. The zero-order chi connectivity index (χ0) is 12.1. The minimum absolute atomic E-state index is 0.146. The number of rotatable bonds is 5. The third-order valence-corrected chi connectivity index (χ3v) is 3.52. The van der Waals surface area contributed by atoms with E-state index in [-0.39, 0.29) is 23.7 Å². The molecule has 1 fully saturated rings. The van der Waals surface area contributed by atoms with Crippen molar-refractivity contribution in [3.05, 3.63) is 0 Å². The van der Waals surface area contributed by atoms with Crippen molar-refractivity contribution in [3.8, 4) is 0 Å². The average Bonchev–Trinajstić information content (AvgIpc) is 2.66. The van der Waals surface area contributed by atoms with Crippen molar-refractivity contribution in [1.29, 1.82) is 0 Å². The molecule has 1 aliphatic rings. The van der Waals surface area contributed by atoms with Crippen LogP contribution in [0, 0.1) is 5.92 Å². The molecule has 1 rings (SSSR count). The van der Waals surface area contributed by atoms with Crippen LogP contribution in [0.25, 0.3) is 0 Å². The monoisotopic (exact) mass is 225 g/mol. The molecule has 1 unspecified atom stereocenters.